The molecule has 0 N–H and O–H groups in total. The Kier molecular flexibility index (Phi) is 7.48. The maximum Gasteiger partial charge on any atom is 0.0551 e. The molecule has 0 spiro atoms. The Morgan fingerprint density at radius 2 is 2.08 bits per heavy atom. The number of allylic oxidation sites excluding steroid dienone is 1. The zero-order valence-electron chi connectivity index (χ0n) is 9.63. The van der Waals surface area contributed by atoms with Crippen molar-refractivity contribution in [3.63, 3.8) is 0 Å². The Balaban J connectivity index is 3.91. The van der Waals surface area contributed by atoms with Crippen molar-refractivity contribution in [2.45, 2.75) is 39.0 Å². The molecule has 0 aromatic heterocycles. The Bertz CT molecular complexity index is 150. The van der Waals surface area contributed by atoms with Crippen LogP contribution >= 0.6 is 11.8 Å². The third-order valence-corrected chi connectivity index (χ3v) is 3.64. The normalized spacial score (nSPS) is 15.1. The molecule has 0 bridgehead atoms. The van der Waals surface area contributed by atoms with Gasteiger partial charge in [0.1, 0.15) is 0 Å². The number of hydrogen-bond acceptors (Lipinski definition) is 2. The van der Waals surface area contributed by atoms with E-state index < -0.39 is 0 Å². The molecular formula is C11H23NS. The van der Waals surface area contributed by atoms with E-state index in [1.54, 1.807) is 0 Å². The maximum atomic E-state index is 2.41. The molecule has 0 aromatic carbocycles. The summed E-state index contributed by atoms with van der Waals surface area (Å²) in [6.45, 7) is 7.73. The standard InChI is InChI=1S/C11H23NS/c1-6-10(3)8-9-12(4)11(7-2)13-5/h8,11H,6-7,9H2,1-5H3/b10-8+. The summed E-state index contributed by atoms with van der Waals surface area (Å²) in [5.74, 6) is 0. The van der Waals surface area contributed by atoms with Crippen molar-refractivity contribution in [3.05, 3.63) is 11.6 Å². The van der Waals surface area contributed by atoms with Crippen LogP contribution < -0.4 is 0 Å². The summed E-state index contributed by atoms with van der Waals surface area (Å²) in [6.07, 6.45) is 6.90. The molecule has 1 unspecified atom stereocenters. The molecule has 0 heterocycles. The van der Waals surface area contributed by atoms with Gasteiger partial charge in [-0.15, -0.1) is 11.8 Å². The van der Waals surface area contributed by atoms with Crippen LogP contribution in [0.2, 0.25) is 0 Å². The second-order valence-corrected chi connectivity index (χ2v) is 4.46. The molecule has 0 radical (unpaired) electrons. The minimum absolute atomic E-state index is 0.668. The van der Waals surface area contributed by atoms with E-state index in [0.29, 0.717) is 5.37 Å². The highest BCUT2D eigenvalue weighted by Crippen LogP contribution is 2.14. The molecule has 1 atom stereocenters. The zero-order valence-corrected chi connectivity index (χ0v) is 10.4. The van der Waals surface area contributed by atoms with Crippen molar-refractivity contribution in [2.75, 3.05) is 19.8 Å². The molecule has 0 saturated carbocycles. The average Bonchev–Trinajstić information content (AvgIpc) is 2.16. The molecule has 0 rings (SSSR count). The number of likely N-dealkylation sites (N-methyl/N-ethyl adjacent to an activating group) is 1. The lowest BCUT2D eigenvalue weighted by molar-refractivity contribution is 0.340. The molecule has 0 fully saturated rings. The lowest BCUT2D eigenvalue weighted by Crippen LogP contribution is -2.28. The van der Waals surface area contributed by atoms with E-state index in [-0.39, 0.29) is 0 Å². The molecule has 0 aliphatic rings. The quantitative estimate of drug-likeness (QED) is 0.479. The molecule has 13 heavy (non-hydrogen) atoms. The summed E-state index contributed by atoms with van der Waals surface area (Å²) >= 11 is 1.93. The first-order chi connectivity index (χ1) is 6.15. The summed E-state index contributed by atoms with van der Waals surface area (Å²) in [5, 5.41) is 0.668. The lowest BCUT2D eigenvalue weighted by Gasteiger charge is -2.24. The zero-order chi connectivity index (χ0) is 10.3. The SMILES string of the molecule is CC/C(C)=C/CN(C)C(CC)SC. The molecule has 0 saturated heterocycles. The van der Waals surface area contributed by atoms with Crippen molar-refractivity contribution in [1.29, 1.82) is 0 Å². The summed E-state index contributed by atoms with van der Waals surface area (Å²) in [6, 6.07) is 0. The molecular weight excluding hydrogens is 178 g/mol. The summed E-state index contributed by atoms with van der Waals surface area (Å²) < 4.78 is 0. The average molecular weight is 201 g/mol. The van der Waals surface area contributed by atoms with Crippen LogP contribution in [0.1, 0.15) is 33.6 Å². The van der Waals surface area contributed by atoms with Gasteiger partial charge in [-0.05, 0) is 33.1 Å². The Hall–Kier alpha value is 0.0500. The van der Waals surface area contributed by atoms with Crippen molar-refractivity contribution in [3.8, 4) is 0 Å². The fourth-order valence-electron chi connectivity index (χ4n) is 1.22. The van der Waals surface area contributed by atoms with Crippen LogP contribution in [0.4, 0.5) is 0 Å². The number of nitrogens with zero attached hydrogens (tertiary/aromatic N) is 1. The minimum atomic E-state index is 0.668. The molecule has 1 nitrogen and oxygen atoms in total. The molecule has 0 amide bonds. The van der Waals surface area contributed by atoms with Crippen LogP contribution in [0.15, 0.2) is 11.6 Å². The number of thioether (sulfide) groups is 1. The van der Waals surface area contributed by atoms with Crippen molar-refractivity contribution in [1.82, 2.24) is 4.90 Å². The van der Waals surface area contributed by atoms with Gasteiger partial charge < -0.3 is 0 Å². The highest BCUT2D eigenvalue weighted by atomic mass is 32.2. The Morgan fingerprint density at radius 1 is 1.46 bits per heavy atom. The highest BCUT2D eigenvalue weighted by molar-refractivity contribution is 7.99. The summed E-state index contributed by atoms with van der Waals surface area (Å²) in [4.78, 5) is 2.41. The molecule has 2 heteroatoms. The van der Waals surface area contributed by atoms with Crippen molar-refractivity contribution in [2.24, 2.45) is 0 Å². The third kappa shape index (κ3) is 5.37. The van der Waals surface area contributed by atoms with Crippen molar-refractivity contribution >= 4 is 11.8 Å². The van der Waals surface area contributed by atoms with Crippen LogP contribution in [0.3, 0.4) is 0 Å². The number of hydrogen-bond donors (Lipinski definition) is 0. The molecule has 0 aliphatic heterocycles. The fourth-order valence-corrected chi connectivity index (χ4v) is 2.00. The summed E-state index contributed by atoms with van der Waals surface area (Å²) in [7, 11) is 2.20. The molecule has 0 aromatic rings. The first-order valence-electron chi connectivity index (χ1n) is 5.04. The van der Waals surface area contributed by atoms with E-state index in [2.05, 4.69) is 45.1 Å². The van der Waals surface area contributed by atoms with Gasteiger partial charge in [-0.25, -0.2) is 0 Å². The monoisotopic (exact) mass is 201 g/mol. The largest absolute Gasteiger partial charge is 0.291 e. The first-order valence-corrected chi connectivity index (χ1v) is 6.33. The van der Waals surface area contributed by atoms with Crippen LogP contribution in [0.5, 0.6) is 0 Å². The first kappa shape index (κ1) is 13.1. The van der Waals surface area contributed by atoms with Crippen LogP contribution in [-0.4, -0.2) is 30.1 Å². The highest BCUT2D eigenvalue weighted by Gasteiger charge is 2.08. The van der Waals surface area contributed by atoms with Gasteiger partial charge in [-0.2, -0.15) is 0 Å². The minimum Gasteiger partial charge on any atom is -0.291 e. The van der Waals surface area contributed by atoms with Gasteiger partial charge >= 0.3 is 0 Å². The van der Waals surface area contributed by atoms with Gasteiger partial charge in [-0.3, -0.25) is 4.90 Å². The second-order valence-electron chi connectivity index (χ2n) is 3.44. The van der Waals surface area contributed by atoms with Gasteiger partial charge in [0.25, 0.3) is 0 Å². The van der Waals surface area contributed by atoms with Gasteiger partial charge in [0, 0.05) is 6.54 Å². The van der Waals surface area contributed by atoms with Crippen molar-refractivity contribution < 1.29 is 0 Å². The smallest absolute Gasteiger partial charge is 0.0551 e. The summed E-state index contributed by atoms with van der Waals surface area (Å²) in [5.41, 5.74) is 1.49. The van der Waals surface area contributed by atoms with Gasteiger partial charge in [0.05, 0.1) is 5.37 Å². The van der Waals surface area contributed by atoms with Crippen LogP contribution in [-0.2, 0) is 0 Å². The third-order valence-electron chi connectivity index (χ3n) is 2.40. The molecule has 0 aliphatic carbocycles. The van der Waals surface area contributed by atoms with Gasteiger partial charge in [0.15, 0.2) is 0 Å². The van der Waals surface area contributed by atoms with E-state index in [9.17, 15) is 0 Å². The van der Waals surface area contributed by atoms with Gasteiger partial charge in [-0.1, -0.05) is 25.5 Å². The van der Waals surface area contributed by atoms with E-state index in [4.69, 9.17) is 0 Å². The topological polar surface area (TPSA) is 3.24 Å². The predicted octanol–water partition coefficient (Wildman–Crippen LogP) is 3.37. The molecule has 78 valence electrons. The fraction of sp³-hybridized carbons (Fsp3) is 0.818. The van der Waals surface area contributed by atoms with E-state index in [0.717, 1.165) is 6.54 Å². The van der Waals surface area contributed by atoms with E-state index in [1.165, 1.54) is 18.4 Å². The van der Waals surface area contributed by atoms with E-state index in [1.807, 2.05) is 11.8 Å². The number of rotatable bonds is 6. The Morgan fingerprint density at radius 3 is 2.46 bits per heavy atom. The predicted molar refractivity (Wildman–Crippen MR) is 64.3 cm³/mol. The van der Waals surface area contributed by atoms with Gasteiger partial charge in [0.2, 0.25) is 0 Å². The van der Waals surface area contributed by atoms with Crippen LogP contribution in [0, 0.1) is 0 Å². The van der Waals surface area contributed by atoms with E-state index >= 15 is 0 Å². The van der Waals surface area contributed by atoms with Crippen LogP contribution in [0.25, 0.3) is 0 Å². The second kappa shape index (κ2) is 7.45. The maximum absolute atomic E-state index is 2.41. The Labute approximate surface area is 87.6 Å². The lowest BCUT2D eigenvalue weighted by atomic mass is 10.2.